The van der Waals surface area contributed by atoms with E-state index < -0.39 is 0 Å². The van der Waals surface area contributed by atoms with Gasteiger partial charge >= 0.3 is 0 Å². The molecular weight excluding hydrogens is 375 g/mol. The molecule has 0 aromatic heterocycles. The molecule has 0 bridgehead atoms. The summed E-state index contributed by atoms with van der Waals surface area (Å²) in [5, 5.41) is 6.08. The van der Waals surface area contributed by atoms with Crippen LogP contribution in [0.25, 0.3) is 0 Å². The van der Waals surface area contributed by atoms with Crippen LogP contribution >= 0.6 is 23.2 Å². The summed E-state index contributed by atoms with van der Waals surface area (Å²) in [5.41, 5.74) is 1.47. The van der Waals surface area contributed by atoms with Gasteiger partial charge in [0.15, 0.2) is 5.75 Å². The van der Waals surface area contributed by atoms with Crippen LogP contribution in [0, 0.1) is 0 Å². The summed E-state index contributed by atoms with van der Waals surface area (Å²) in [6, 6.07) is 9.90. The second-order valence-electron chi connectivity index (χ2n) is 5.66. The van der Waals surface area contributed by atoms with Crippen molar-refractivity contribution in [3.05, 3.63) is 52.0 Å². The lowest BCUT2D eigenvalue weighted by molar-refractivity contribution is -0.116. The predicted molar refractivity (Wildman–Crippen MR) is 106 cm³/mol. The number of carbonyl (C=O) groups excluding carboxylic acids is 2. The molecule has 0 radical (unpaired) electrons. The lowest BCUT2D eigenvalue weighted by Crippen LogP contribution is -2.13. The number of halogens is 2. The van der Waals surface area contributed by atoms with Crippen LogP contribution in [0.15, 0.2) is 36.4 Å². The van der Waals surface area contributed by atoms with Crippen molar-refractivity contribution in [3.8, 4) is 5.75 Å². The fourth-order valence-electron chi connectivity index (χ4n) is 2.32. The highest BCUT2D eigenvalue weighted by atomic mass is 35.5. The van der Waals surface area contributed by atoms with Crippen LogP contribution in [0.4, 0.5) is 11.4 Å². The van der Waals surface area contributed by atoms with Gasteiger partial charge in [0, 0.05) is 23.4 Å². The highest BCUT2D eigenvalue weighted by Crippen LogP contribution is 2.34. The Balaban J connectivity index is 2.10. The first-order valence-corrected chi connectivity index (χ1v) is 8.94. The predicted octanol–water partition coefficient (Wildman–Crippen LogP) is 5.38. The summed E-state index contributed by atoms with van der Waals surface area (Å²) in [6.45, 7) is 2.03. The van der Waals surface area contributed by atoms with E-state index in [1.165, 1.54) is 19.2 Å². The molecule has 2 amide bonds. The second kappa shape index (κ2) is 9.46. The number of carbonyl (C=O) groups is 2. The maximum absolute atomic E-state index is 12.4. The summed E-state index contributed by atoms with van der Waals surface area (Å²) in [4.78, 5) is 24.3. The Morgan fingerprint density at radius 3 is 2.23 bits per heavy atom. The zero-order valence-corrected chi connectivity index (χ0v) is 16.1. The van der Waals surface area contributed by atoms with Crippen LogP contribution in [-0.4, -0.2) is 18.9 Å². The van der Waals surface area contributed by atoms with Crippen LogP contribution in [0.3, 0.4) is 0 Å². The largest absolute Gasteiger partial charge is 0.494 e. The van der Waals surface area contributed by atoms with Gasteiger partial charge in [0.05, 0.1) is 17.2 Å². The van der Waals surface area contributed by atoms with E-state index in [1.807, 2.05) is 6.92 Å². The van der Waals surface area contributed by atoms with Gasteiger partial charge in [-0.25, -0.2) is 0 Å². The van der Waals surface area contributed by atoms with E-state index >= 15 is 0 Å². The summed E-state index contributed by atoms with van der Waals surface area (Å²) >= 11 is 12.1. The molecule has 0 unspecified atom stereocenters. The first kappa shape index (κ1) is 20.1. The third-order valence-electron chi connectivity index (χ3n) is 3.63. The van der Waals surface area contributed by atoms with Crippen molar-refractivity contribution >= 4 is 46.4 Å². The van der Waals surface area contributed by atoms with Gasteiger partial charge in [-0.3, -0.25) is 9.59 Å². The van der Waals surface area contributed by atoms with Gasteiger partial charge in [-0.15, -0.1) is 0 Å². The molecule has 0 heterocycles. The second-order valence-corrected chi connectivity index (χ2v) is 6.47. The highest BCUT2D eigenvalue weighted by molar-refractivity contribution is 6.37. The molecule has 138 valence electrons. The van der Waals surface area contributed by atoms with Gasteiger partial charge in [0.25, 0.3) is 5.91 Å². The molecule has 0 aliphatic carbocycles. The number of unbranched alkanes of at least 4 members (excludes halogenated alkanes) is 1. The number of amides is 2. The Morgan fingerprint density at radius 1 is 1.04 bits per heavy atom. The van der Waals surface area contributed by atoms with Crippen molar-refractivity contribution < 1.29 is 14.3 Å². The molecule has 2 aromatic carbocycles. The van der Waals surface area contributed by atoms with Crippen LogP contribution in [-0.2, 0) is 4.79 Å². The van der Waals surface area contributed by atoms with E-state index in [0.717, 1.165) is 12.8 Å². The number of nitrogens with one attached hydrogen (secondary N) is 2. The van der Waals surface area contributed by atoms with Gasteiger partial charge in [0.2, 0.25) is 5.91 Å². The molecule has 0 aliphatic rings. The van der Waals surface area contributed by atoms with E-state index in [-0.39, 0.29) is 21.9 Å². The normalized spacial score (nSPS) is 10.3. The Morgan fingerprint density at radius 2 is 1.65 bits per heavy atom. The van der Waals surface area contributed by atoms with Gasteiger partial charge in [-0.1, -0.05) is 42.6 Å². The number of methoxy groups -OCH3 is 1. The van der Waals surface area contributed by atoms with Crippen molar-refractivity contribution in [2.24, 2.45) is 0 Å². The number of benzene rings is 2. The van der Waals surface area contributed by atoms with E-state index in [1.54, 1.807) is 24.3 Å². The molecule has 0 fully saturated rings. The van der Waals surface area contributed by atoms with Gasteiger partial charge < -0.3 is 15.4 Å². The molecule has 2 rings (SSSR count). The topological polar surface area (TPSA) is 67.4 Å². The van der Waals surface area contributed by atoms with Gasteiger partial charge in [-0.05, 0) is 36.8 Å². The molecule has 7 heteroatoms. The molecule has 0 atom stereocenters. The van der Waals surface area contributed by atoms with Crippen molar-refractivity contribution in [2.75, 3.05) is 17.7 Å². The SMILES string of the molecule is CCCCC(=O)Nc1cccc(NC(=O)c2cc(Cl)c(OC)c(Cl)c2)c1. The summed E-state index contributed by atoms with van der Waals surface area (Å²) < 4.78 is 5.07. The monoisotopic (exact) mass is 394 g/mol. The zero-order valence-electron chi connectivity index (χ0n) is 14.6. The molecule has 26 heavy (non-hydrogen) atoms. The highest BCUT2D eigenvalue weighted by Gasteiger charge is 2.14. The van der Waals surface area contributed by atoms with Crippen LogP contribution < -0.4 is 15.4 Å². The van der Waals surface area contributed by atoms with Crippen LogP contribution in [0.1, 0.15) is 36.5 Å². The molecule has 0 saturated carbocycles. The number of hydrogen-bond donors (Lipinski definition) is 2. The molecule has 5 nitrogen and oxygen atoms in total. The maximum atomic E-state index is 12.4. The number of rotatable bonds is 7. The average Bonchev–Trinajstić information content (AvgIpc) is 2.60. The smallest absolute Gasteiger partial charge is 0.255 e. The number of hydrogen-bond acceptors (Lipinski definition) is 3. The average molecular weight is 395 g/mol. The molecule has 0 aliphatic heterocycles. The molecule has 2 aromatic rings. The molecule has 0 saturated heterocycles. The standard InChI is InChI=1S/C19H20Cl2N2O3/c1-3-4-8-17(24)22-13-6-5-7-14(11-13)23-19(25)12-9-15(20)18(26-2)16(21)10-12/h5-7,9-11H,3-4,8H2,1-2H3,(H,22,24)(H,23,25). The van der Waals surface area contributed by atoms with E-state index in [4.69, 9.17) is 27.9 Å². The fourth-order valence-corrected chi connectivity index (χ4v) is 2.97. The molecular formula is C19H20Cl2N2O3. The van der Waals surface area contributed by atoms with Crippen LogP contribution in [0.5, 0.6) is 5.75 Å². The van der Waals surface area contributed by atoms with Crippen molar-refractivity contribution in [1.29, 1.82) is 0 Å². The van der Waals surface area contributed by atoms with E-state index in [0.29, 0.717) is 29.1 Å². The van der Waals surface area contributed by atoms with Crippen molar-refractivity contribution in [2.45, 2.75) is 26.2 Å². The summed E-state index contributed by atoms with van der Waals surface area (Å²) in [7, 11) is 1.45. The Kier molecular flexibility index (Phi) is 7.30. The lowest BCUT2D eigenvalue weighted by atomic mass is 10.2. The van der Waals surface area contributed by atoms with Crippen molar-refractivity contribution in [3.63, 3.8) is 0 Å². The summed E-state index contributed by atoms with van der Waals surface area (Å²) in [5.74, 6) is -0.100. The maximum Gasteiger partial charge on any atom is 0.255 e. The Hall–Kier alpha value is -2.24. The zero-order chi connectivity index (χ0) is 19.1. The Bertz CT molecular complexity index is 786. The molecule has 0 spiro atoms. The molecule has 2 N–H and O–H groups in total. The minimum atomic E-state index is -0.370. The first-order valence-electron chi connectivity index (χ1n) is 8.19. The minimum absolute atomic E-state index is 0.0518. The number of anilines is 2. The fraction of sp³-hybridized carbons (Fsp3) is 0.263. The minimum Gasteiger partial charge on any atom is -0.494 e. The quantitative estimate of drug-likeness (QED) is 0.661. The van der Waals surface area contributed by atoms with Crippen LogP contribution in [0.2, 0.25) is 10.0 Å². The lowest BCUT2D eigenvalue weighted by Gasteiger charge is -2.11. The first-order chi connectivity index (χ1) is 12.4. The summed E-state index contributed by atoms with van der Waals surface area (Å²) in [6.07, 6.45) is 2.26. The van der Waals surface area contributed by atoms with E-state index in [9.17, 15) is 9.59 Å². The van der Waals surface area contributed by atoms with Gasteiger partial charge in [0.1, 0.15) is 0 Å². The van der Waals surface area contributed by atoms with Gasteiger partial charge in [-0.2, -0.15) is 0 Å². The Labute approximate surface area is 162 Å². The van der Waals surface area contributed by atoms with E-state index in [2.05, 4.69) is 10.6 Å². The van der Waals surface area contributed by atoms with Crippen molar-refractivity contribution in [1.82, 2.24) is 0 Å². The number of ether oxygens (including phenoxy) is 1. The third kappa shape index (κ3) is 5.38. The third-order valence-corrected chi connectivity index (χ3v) is 4.19.